The summed E-state index contributed by atoms with van der Waals surface area (Å²) < 4.78 is 1.27. The highest BCUT2D eigenvalue weighted by molar-refractivity contribution is 7.98. The maximum atomic E-state index is 12.6. The summed E-state index contributed by atoms with van der Waals surface area (Å²) in [6.45, 7) is 1.88. The van der Waals surface area contributed by atoms with Crippen molar-refractivity contribution in [2.75, 3.05) is 6.26 Å². The van der Waals surface area contributed by atoms with Gasteiger partial charge in [-0.15, -0.1) is 0 Å². The predicted molar refractivity (Wildman–Crippen MR) is 83.0 cm³/mol. The van der Waals surface area contributed by atoms with E-state index in [9.17, 15) is 4.79 Å². The molecule has 0 fully saturated rings. The standard InChI is InChI=1S/C14H11ClN4OS/c1-8-5-3-4-6-9(8)13(20)19-12-10(7-16-19)11(15)17-14(18-12)21-2/h3-7H,1-2H3. The molecule has 0 saturated carbocycles. The van der Waals surface area contributed by atoms with E-state index in [4.69, 9.17) is 11.6 Å². The maximum Gasteiger partial charge on any atom is 0.280 e. The normalized spacial score (nSPS) is 11.0. The Kier molecular flexibility index (Phi) is 3.65. The first kappa shape index (κ1) is 14.0. The number of fused-ring (bicyclic) bond motifs is 1. The number of aryl methyl sites for hydroxylation is 1. The zero-order valence-electron chi connectivity index (χ0n) is 11.4. The average Bonchev–Trinajstić information content (AvgIpc) is 2.91. The highest BCUT2D eigenvalue weighted by atomic mass is 35.5. The Morgan fingerprint density at radius 2 is 2.05 bits per heavy atom. The Bertz CT molecular complexity index is 846. The predicted octanol–water partition coefficient (Wildman–Crippen LogP) is 3.20. The van der Waals surface area contributed by atoms with Gasteiger partial charge in [-0.1, -0.05) is 41.6 Å². The number of hydrogen-bond donors (Lipinski definition) is 0. The van der Waals surface area contributed by atoms with Gasteiger partial charge in [0.25, 0.3) is 5.91 Å². The lowest BCUT2D eigenvalue weighted by molar-refractivity contribution is 0.0949. The van der Waals surface area contributed by atoms with Gasteiger partial charge in [0.15, 0.2) is 10.8 Å². The molecule has 0 atom stereocenters. The minimum absolute atomic E-state index is 0.232. The van der Waals surface area contributed by atoms with Gasteiger partial charge >= 0.3 is 0 Å². The van der Waals surface area contributed by atoms with Crippen LogP contribution in [0, 0.1) is 6.92 Å². The number of aromatic nitrogens is 4. The van der Waals surface area contributed by atoms with E-state index in [1.54, 1.807) is 6.07 Å². The van der Waals surface area contributed by atoms with Crippen molar-refractivity contribution in [1.82, 2.24) is 19.7 Å². The largest absolute Gasteiger partial charge is 0.280 e. The lowest BCUT2D eigenvalue weighted by Gasteiger charge is -2.05. The number of rotatable bonds is 2. The molecule has 0 aliphatic heterocycles. The first-order chi connectivity index (χ1) is 10.1. The molecule has 3 rings (SSSR count). The van der Waals surface area contributed by atoms with Crippen molar-refractivity contribution in [2.45, 2.75) is 12.1 Å². The molecular formula is C14H11ClN4OS. The van der Waals surface area contributed by atoms with Gasteiger partial charge in [-0.3, -0.25) is 4.79 Å². The molecule has 0 saturated heterocycles. The van der Waals surface area contributed by atoms with Crippen molar-refractivity contribution in [3.05, 3.63) is 46.7 Å². The second kappa shape index (κ2) is 5.46. The van der Waals surface area contributed by atoms with Gasteiger partial charge in [-0.25, -0.2) is 9.97 Å². The van der Waals surface area contributed by atoms with Crippen LogP contribution in [0.15, 0.2) is 35.6 Å². The lowest BCUT2D eigenvalue weighted by atomic mass is 10.1. The van der Waals surface area contributed by atoms with Crippen molar-refractivity contribution in [1.29, 1.82) is 0 Å². The fourth-order valence-electron chi connectivity index (χ4n) is 2.02. The molecule has 1 aromatic carbocycles. The van der Waals surface area contributed by atoms with Crippen LogP contribution in [-0.2, 0) is 0 Å². The van der Waals surface area contributed by atoms with Gasteiger partial charge in [0.2, 0.25) is 0 Å². The van der Waals surface area contributed by atoms with Crippen molar-refractivity contribution >= 4 is 40.3 Å². The van der Waals surface area contributed by atoms with Crippen LogP contribution >= 0.6 is 23.4 Å². The summed E-state index contributed by atoms with van der Waals surface area (Å²) in [5, 5.41) is 5.49. The Morgan fingerprint density at radius 3 is 2.76 bits per heavy atom. The van der Waals surface area contributed by atoms with E-state index in [1.165, 1.54) is 22.6 Å². The average molecular weight is 319 g/mol. The maximum absolute atomic E-state index is 12.6. The molecule has 21 heavy (non-hydrogen) atoms. The second-order valence-corrected chi connectivity index (χ2v) is 5.55. The van der Waals surface area contributed by atoms with Crippen molar-refractivity contribution in [3.8, 4) is 0 Å². The van der Waals surface area contributed by atoms with Crippen LogP contribution in [0.3, 0.4) is 0 Å². The van der Waals surface area contributed by atoms with Gasteiger partial charge in [-0.2, -0.15) is 9.78 Å². The smallest absolute Gasteiger partial charge is 0.267 e. The molecule has 0 amide bonds. The van der Waals surface area contributed by atoms with E-state index in [0.717, 1.165) is 5.56 Å². The molecule has 0 unspecified atom stereocenters. The summed E-state index contributed by atoms with van der Waals surface area (Å²) >= 11 is 7.47. The van der Waals surface area contributed by atoms with Crippen LogP contribution < -0.4 is 0 Å². The first-order valence-corrected chi connectivity index (χ1v) is 7.77. The molecule has 2 heterocycles. The number of carbonyl (C=O) groups is 1. The summed E-state index contributed by atoms with van der Waals surface area (Å²) in [6.07, 6.45) is 3.36. The number of halogens is 1. The third-order valence-electron chi connectivity index (χ3n) is 3.11. The number of thioether (sulfide) groups is 1. The SMILES string of the molecule is CSc1nc(Cl)c2cnn(C(=O)c3ccccc3C)c2n1. The summed E-state index contributed by atoms with van der Waals surface area (Å²) in [7, 11) is 0. The molecule has 0 bridgehead atoms. The molecule has 106 valence electrons. The van der Waals surface area contributed by atoms with Crippen molar-refractivity contribution in [2.24, 2.45) is 0 Å². The Hall–Kier alpha value is -1.92. The van der Waals surface area contributed by atoms with Crippen LogP contribution in [0.1, 0.15) is 15.9 Å². The van der Waals surface area contributed by atoms with Gasteiger partial charge in [-0.05, 0) is 24.8 Å². The van der Waals surface area contributed by atoms with Crippen LogP contribution in [-0.4, -0.2) is 31.9 Å². The first-order valence-electron chi connectivity index (χ1n) is 6.17. The van der Waals surface area contributed by atoms with E-state index >= 15 is 0 Å². The van der Waals surface area contributed by atoms with Crippen LogP contribution in [0.5, 0.6) is 0 Å². The third kappa shape index (κ3) is 2.41. The zero-order valence-corrected chi connectivity index (χ0v) is 12.9. The molecule has 2 aromatic heterocycles. The molecule has 0 spiro atoms. The number of hydrogen-bond acceptors (Lipinski definition) is 5. The van der Waals surface area contributed by atoms with E-state index in [1.807, 2.05) is 31.4 Å². The highest BCUT2D eigenvalue weighted by Crippen LogP contribution is 2.23. The number of nitrogens with zero attached hydrogens (tertiary/aromatic N) is 4. The zero-order chi connectivity index (χ0) is 15.0. The van der Waals surface area contributed by atoms with Crippen LogP contribution in [0.25, 0.3) is 11.0 Å². The van der Waals surface area contributed by atoms with Crippen LogP contribution in [0.4, 0.5) is 0 Å². The summed E-state index contributed by atoms with van der Waals surface area (Å²) in [5.41, 5.74) is 1.90. The third-order valence-corrected chi connectivity index (χ3v) is 3.95. The number of carbonyl (C=O) groups excluding carboxylic acids is 1. The Morgan fingerprint density at radius 1 is 1.29 bits per heavy atom. The van der Waals surface area contributed by atoms with Gasteiger partial charge in [0.05, 0.1) is 11.6 Å². The lowest BCUT2D eigenvalue weighted by Crippen LogP contribution is -2.15. The molecular weight excluding hydrogens is 308 g/mol. The van der Waals surface area contributed by atoms with Crippen molar-refractivity contribution < 1.29 is 4.79 Å². The highest BCUT2D eigenvalue weighted by Gasteiger charge is 2.18. The Labute approximate surface area is 130 Å². The molecule has 0 N–H and O–H groups in total. The molecule has 0 aliphatic rings. The fraction of sp³-hybridized carbons (Fsp3) is 0.143. The summed E-state index contributed by atoms with van der Waals surface area (Å²) in [4.78, 5) is 21.1. The van der Waals surface area contributed by atoms with Crippen molar-refractivity contribution in [3.63, 3.8) is 0 Å². The van der Waals surface area contributed by atoms with Gasteiger partial charge < -0.3 is 0 Å². The van der Waals surface area contributed by atoms with E-state index in [2.05, 4.69) is 15.1 Å². The fourth-order valence-corrected chi connectivity index (χ4v) is 2.65. The molecule has 7 heteroatoms. The molecule has 5 nitrogen and oxygen atoms in total. The number of benzene rings is 1. The monoisotopic (exact) mass is 318 g/mol. The Balaban J connectivity index is 2.19. The van der Waals surface area contributed by atoms with Gasteiger partial charge in [0.1, 0.15) is 5.15 Å². The topological polar surface area (TPSA) is 60.7 Å². The van der Waals surface area contributed by atoms with E-state index < -0.39 is 0 Å². The summed E-state index contributed by atoms with van der Waals surface area (Å²) in [5.74, 6) is -0.232. The second-order valence-electron chi connectivity index (χ2n) is 4.41. The molecule has 0 aliphatic carbocycles. The van der Waals surface area contributed by atoms with E-state index in [-0.39, 0.29) is 5.91 Å². The van der Waals surface area contributed by atoms with Crippen LogP contribution in [0.2, 0.25) is 5.15 Å². The van der Waals surface area contributed by atoms with E-state index in [0.29, 0.717) is 26.9 Å². The summed E-state index contributed by atoms with van der Waals surface area (Å²) in [6, 6.07) is 7.36. The molecule has 0 radical (unpaired) electrons. The minimum atomic E-state index is -0.232. The quantitative estimate of drug-likeness (QED) is 0.412. The molecule has 3 aromatic rings. The van der Waals surface area contributed by atoms with Gasteiger partial charge in [0, 0.05) is 5.56 Å². The minimum Gasteiger partial charge on any atom is -0.267 e.